The molecule has 0 saturated carbocycles. The Hall–Kier alpha value is -1.56. The Morgan fingerprint density at radius 2 is 2.08 bits per heavy atom. The van der Waals surface area contributed by atoms with E-state index in [4.69, 9.17) is 4.42 Å². The van der Waals surface area contributed by atoms with Gasteiger partial charge in [-0.1, -0.05) is 29.8 Å². The number of oxazole rings is 1. The Labute approximate surface area is 160 Å². The van der Waals surface area contributed by atoms with E-state index in [1.807, 2.05) is 24.3 Å². The molecule has 0 bridgehead atoms. The number of halogens is 2. The Bertz CT molecular complexity index is 653. The number of nitrogens with one attached hydrogen (secondary N) is 2. The largest absolute Gasteiger partial charge is 0.441 e. The van der Waals surface area contributed by atoms with E-state index in [1.54, 1.807) is 6.20 Å². The molecule has 1 aromatic carbocycles. The zero-order valence-electron chi connectivity index (χ0n) is 14.3. The summed E-state index contributed by atoms with van der Waals surface area (Å²) in [6.07, 6.45) is 4.82. The van der Waals surface area contributed by atoms with Gasteiger partial charge in [0.2, 0.25) is 5.91 Å². The minimum Gasteiger partial charge on any atom is -0.441 e. The highest BCUT2D eigenvalue weighted by Gasteiger charge is 2.16. The van der Waals surface area contributed by atoms with Crippen LogP contribution in [0.15, 0.2) is 34.9 Å². The van der Waals surface area contributed by atoms with Gasteiger partial charge in [-0.05, 0) is 26.3 Å². The number of hydrogen-bond acceptors (Lipinski definition) is 4. The van der Waals surface area contributed by atoms with E-state index in [2.05, 4.69) is 22.5 Å². The first kappa shape index (κ1) is 21.5. The maximum absolute atomic E-state index is 12.0. The number of aryl methyl sites for hydroxylation is 2. The Kier molecular flexibility index (Phi) is 8.97. The number of amides is 1. The summed E-state index contributed by atoms with van der Waals surface area (Å²) in [7, 11) is 0. The lowest BCUT2D eigenvalue weighted by Crippen LogP contribution is -2.45. The maximum Gasteiger partial charge on any atom is 0.220 e. The molecule has 1 atom stereocenters. The summed E-state index contributed by atoms with van der Waals surface area (Å²) in [5.41, 5.74) is 2.22. The van der Waals surface area contributed by atoms with Gasteiger partial charge in [-0.3, -0.25) is 4.79 Å². The van der Waals surface area contributed by atoms with Crippen LogP contribution in [0.5, 0.6) is 0 Å². The number of piperidine rings is 1. The molecule has 0 radical (unpaired) electrons. The zero-order chi connectivity index (χ0) is 16.1. The summed E-state index contributed by atoms with van der Waals surface area (Å²) in [6, 6.07) is 8.38. The Morgan fingerprint density at radius 3 is 2.76 bits per heavy atom. The highest BCUT2D eigenvalue weighted by Crippen LogP contribution is 2.21. The summed E-state index contributed by atoms with van der Waals surface area (Å²) in [5.74, 6) is 1.42. The molecule has 1 fully saturated rings. The Morgan fingerprint density at radius 1 is 1.32 bits per heavy atom. The van der Waals surface area contributed by atoms with Crippen molar-refractivity contribution in [2.75, 3.05) is 13.1 Å². The molecule has 1 aliphatic heterocycles. The van der Waals surface area contributed by atoms with Crippen molar-refractivity contribution >= 4 is 30.7 Å². The second-order valence-electron chi connectivity index (χ2n) is 6.10. The molecule has 1 aromatic heterocycles. The topological polar surface area (TPSA) is 67.2 Å². The molecule has 5 nitrogen and oxygen atoms in total. The quantitative estimate of drug-likeness (QED) is 0.828. The van der Waals surface area contributed by atoms with Crippen molar-refractivity contribution in [3.05, 3.63) is 41.9 Å². The first-order chi connectivity index (χ1) is 11.2. The highest BCUT2D eigenvalue weighted by molar-refractivity contribution is 5.85. The van der Waals surface area contributed by atoms with Gasteiger partial charge in [0, 0.05) is 31.0 Å². The average Bonchev–Trinajstić information content (AvgIpc) is 3.04. The van der Waals surface area contributed by atoms with Gasteiger partial charge in [-0.2, -0.15) is 0 Å². The van der Waals surface area contributed by atoms with Crippen molar-refractivity contribution in [2.45, 2.75) is 38.6 Å². The lowest BCUT2D eigenvalue weighted by Gasteiger charge is -2.23. The molecule has 2 heterocycles. The van der Waals surface area contributed by atoms with Crippen LogP contribution in [0.2, 0.25) is 0 Å². The van der Waals surface area contributed by atoms with Crippen LogP contribution in [0.3, 0.4) is 0 Å². The van der Waals surface area contributed by atoms with E-state index in [0.29, 0.717) is 18.7 Å². The van der Waals surface area contributed by atoms with Crippen LogP contribution < -0.4 is 10.6 Å². The van der Waals surface area contributed by atoms with Crippen molar-refractivity contribution < 1.29 is 9.21 Å². The van der Waals surface area contributed by atoms with Gasteiger partial charge < -0.3 is 15.1 Å². The van der Waals surface area contributed by atoms with Gasteiger partial charge in [0.05, 0.1) is 6.20 Å². The lowest BCUT2D eigenvalue weighted by molar-refractivity contribution is -0.121. The Balaban J connectivity index is 0.00000156. The van der Waals surface area contributed by atoms with Gasteiger partial charge in [0.1, 0.15) is 0 Å². The molecule has 2 N–H and O–H groups in total. The zero-order valence-corrected chi connectivity index (χ0v) is 15.9. The average molecular weight is 386 g/mol. The van der Waals surface area contributed by atoms with Crippen molar-refractivity contribution in [2.24, 2.45) is 0 Å². The number of hydrogen-bond donors (Lipinski definition) is 2. The van der Waals surface area contributed by atoms with Crippen LogP contribution in [-0.4, -0.2) is 30.0 Å². The number of aromatic nitrogens is 1. The standard InChI is InChI=1S/C18H23N3O2.2ClH/c1-13-4-6-14(7-5-13)16-12-20-18(23-16)9-8-17(22)21-15-3-2-10-19-11-15;;/h4-7,12,15,19H,2-3,8-11H2,1H3,(H,21,22);2*1H. The molecular weight excluding hydrogens is 361 g/mol. The molecular formula is C18H25Cl2N3O2. The van der Waals surface area contributed by atoms with Crippen molar-refractivity contribution in [1.82, 2.24) is 15.6 Å². The number of nitrogens with zero attached hydrogens (tertiary/aromatic N) is 1. The van der Waals surface area contributed by atoms with E-state index >= 15 is 0 Å². The van der Waals surface area contributed by atoms with E-state index in [0.717, 1.165) is 37.3 Å². The van der Waals surface area contributed by atoms with Crippen LogP contribution in [0.1, 0.15) is 30.7 Å². The van der Waals surface area contributed by atoms with E-state index in [9.17, 15) is 4.79 Å². The number of carbonyl (C=O) groups is 1. The second kappa shape index (κ2) is 10.4. The fourth-order valence-corrected chi connectivity index (χ4v) is 2.77. The molecule has 2 aromatic rings. The monoisotopic (exact) mass is 385 g/mol. The third-order valence-electron chi connectivity index (χ3n) is 4.12. The predicted molar refractivity (Wildman–Crippen MR) is 104 cm³/mol. The van der Waals surface area contributed by atoms with Crippen LogP contribution in [0, 0.1) is 6.92 Å². The summed E-state index contributed by atoms with van der Waals surface area (Å²) in [5, 5.41) is 6.36. The highest BCUT2D eigenvalue weighted by atomic mass is 35.5. The third kappa shape index (κ3) is 6.34. The van der Waals surface area contributed by atoms with E-state index in [1.165, 1.54) is 5.56 Å². The van der Waals surface area contributed by atoms with Crippen LogP contribution in [0.4, 0.5) is 0 Å². The normalized spacial score (nSPS) is 16.4. The molecule has 3 rings (SSSR count). The number of benzene rings is 1. The first-order valence-electron chi connectivity index (χ1n) is 8.22. The molecule has 1 saturated heterocycles. The first-order valence-corrected chi connectivity index (χ1v) is 8.22. The number of carbonyl (C=O) groups excluding carboxylic acids is 1. The lowest BCUT2D eigenvalue weighted by atomic mass is 10.1. The predicted octanol–water partition coefficient (Wildman–Crippen LogP) is 3.29. The molecule has 0 spiro atoms. The summed E-state index contributed by atoms with van der Waals surface area (Å²) < 4.78 is 5.75. The second-order valence-corrected chi connectivity index (χ2v) is 6.10. The van der Waals surface area contributed by atoms with Crippen LogP contribution in [-0.2, 0) is 11.2 Å². The molecule has 1 aliphatic rings. The maximum atomic E-state index is 12.0. The molecule has 25 heavy (non-hydrogen) atoms. The molecule has 138 valence electrons. The fraction of sp³-hybridized carbons (Fsp3) is 0.444. The van der Waals surface area contributed by atoms with Crippen molar-refractivity contribution in [3.8, 4) is 11.3 Å². The van der Waals surface area contributed by atoms with E-state index in [-0.39, 0.29) is 36.8 Å². The fourth-order valence-electron chi connectivity index (χ4n) is 2.77. The van der Waals surface area contributed by atoms with Gasteiger partial charge in [0.15, 0.2) is 11.7 Å². The summed E-state index contributed by atoms with van der Waals surface area (Å²) in [6.45, 7) is 3.96. The third-order valence-corrected chi connectivity index (χ3v) is 4.12. The van der Waals surface area contributed by atoms with Crippen LogP contribution in [0.25, 0.3) is 11.3 Å². The minimum absolute atomic E-state index is 0. The van der Waals surface area contributed by atoms with Gasteiger partial charge in [-0.15, -0.1) is 24.8 Å². The molecule has 1 amide bonds. The van der Waals surface area contributed by atoms with Crippen molar-refractivity contribution in [1.29, 1.82) is 0 Å². The van der Waals surface area contributed by atoms with Gasteiger partial charge >= 0.3 is 0 Å². The van der Waals surface area contributed by atoms with Gasteiger partial charge in [0.25, 0.3) is 0 Å². The molecule has 0 aliphatic carbocycles. The summed E-state index contributed by atoms with van der Waals surface area (Å²) >= 11 is 0. The molecule has 1 unspecified atom stereocenters. The minimum atomic E-state index is 0. The number of rotatable bonds is 5. The molecule has 7 heteroatoms. The van der Waals surface area contributed by atoms with E-state index < -0.39 is 0 Å². The summed E-state index contributed by atoms with van der Waals surface area (Å²) in [4.78, 5) is 16.3. The van der Waals surface area contributed by atoms with Crippen LogP contribution >= 0.6 is 24.8 Å². The van der Waals surface area contributed by atoms with Gasteiger partial charge in [-0.25, -0.2) is 4.98 Å². The SMILES string of the molecule is Cc1ccc(-c2cnc(CCC(=O)NC3CCCNC3)o2)cc1.Cl.Cl. The smallest absolute Gasteiger partial charge is 0.220 e. The van der Waals surface area contributed by atoms with Crippen molar-refractivity contribution in [3.63, 3.8) is 0 Å².